The van der Waals surface area contributed by atoms with Crippen molar-refractivity contribution in [1.82, 2.24) is 4.90 Å². The molecule has 3 nitrogen and oxygen atoms in total. The SMILES string of the molecule is C=O.CC.COCCN(C)C. The fraction of sp³-hybridized carbons (Fsp3) is 0.875. The minimum atomic E-state index is 0.826. The van der Waals surface area contributed by atoms with E-state index in [1.165, 1.54) is 0 Å². The Morgan fingerprint density at radius 1 is 1.27 bits per heavy atom. The van der Waals surface area contributed by atoms with Crippen LogP contribution >= 0.6 is 0 Å². The second-order valence-electron chi connectivity index (χ2n) is 1.80. The van der Waals surface area contributed by atoms with E-state index in [0.29, 0.717) is 0 Å². The van der Waals surface area contributed by atoms with Crippen LogP contribution in [0.5, 0.6) is 0 Å². The molecule has 0 spiro atoms. The summed E-state index contributed by atoms with van der Waals surface area (Å²) in [4.78, 5) is 10.1. The molecule has 0 fully saturated rings. The van der Waals surface area contributed by atoms with Crippen molar-refractivity contribution in [2.24, 2.45) is 0 Å². The summed E-state index contributed by atoms with van der Waals surface area (Å²) in [5, 5.41) is 0. The van der Waals surface area contributed by atoms with Crippen LogP contribution in [-0.4, -0.2) is 46.0 Å². The van der Waals surface area contributed by atoms with Gasteiger partial charge >= 0.3 is 0 Å². The van der Waals surface area contributed by atoms with Crippen LogP contribution in [0.25, 0.3) is 0 Å². The first kappa shape index (κ1) is 16.9. The van der Waals surface area contributed by atoms with E-state index in [9.17, 15) is 0 Å². The van der Waals surface area contributed by atoms with Gasteiger partial charge in [-0.3, -0.25) is 0 Å². The molecule has 0 atom stereocenters. The summed E-state index contributed by atoms with van der Waals surface area (Å²) in [6, 6.07) is 0. The Morgan fingerprint density at radius 3 is 1.73 bits per heavy atom. The number of nitrogens with zero attached hydrogens (tertiary/aromatic N) is 1. The highest BCUT2D eigenvalue weighted by Crippen LogP contribution is 1.71. The van der Waals surface area contributed by atoms with Crippen molar-refractivity contribution in [2.45, 2.75) is 13.8 Å². The molecular weight excluding hydrogens is 142 g/mol. The second-order valence-corrected chi connectivity index (χ2v) is 1.80. The number of hydrogen-bond donors (Lipinski definition) is 0. The fourth-order valence-corrected chi connectivity index (χ4v) is 0.274. The third-order valence-corrected chi connectivity index (χ3v) is 0.743. The average Bonchev–Trinajstić information content (AvgIpc) is 2.08. The molecule has 0 saturated heterocycles. The van der Waals surface area contributed by atoms with E-state index in [1.54, 1.807) is 7.11 Å². The lowest BCUT2D eigenvalue weighted by Gasteiger charge is -2.06. The number of hydrogen-bond acceptors (Lipinski definition) is 3. The highest BCUT2D eigenvalue weighted by atomic mass is 16.5. The number of likely N-dealkylation sites (N-methyl/N-ethyl adjacent to an activating group) is 1. The van der Waals surface area contributed by atoms with Crippen molar-refractivity contribution in [3.05, 3.63) is 0 Å². The Labute approximate surface area is 70.3 Å². The van der Waals surface area contributed by atoms with Gasteiger partial charge in [0.2, 0.25) is 0 Å². The zero-order valence-corrected chi connectivity index (χ0v) is 8.39. The maximum Gasteiger partial charge on any atom is 0.106 e. The number of ether oxygens (including phenoxy) is 1. The topological polar surface area (TPSA) is 29.5 Å². The van der Waals surface area contributed by atoms with Gasteiger partial charge in [-0.05, 0) is 14.1 Å². The summed E-state index contributed by atoms with van der Waals surface area (Å²) in [6.07, 6.45) is 0. The van der Waals surface area contributed by atoms with Gasteiger partial charge in [0, 0.05) is 13.7 Å². The molecule has 0 rings (SSSR count). The molecule has 11 heavy (non-hydrogen) atoms. The van der Waals surface area contributed by atoms with Crippen LogP contribution in [0.1, 0.15) is 13.8 Å². The number of rotatable bonds is 3. The van der Waals surface area contributed by atoms with Gasteiger partial charge in [0.25, 0.3) is 0 Å². The van der Waals surface area contributed by atoms with E-state index >= 15 is 0 Å². The Morgan fingerprint density at radius 2 is 1.64 bits per heavy atom. The molecule has 0 saturated carbocycles. The molecule has 0 aromatic rings. The molecule has 0 unspecified atom stereocenters. The Bertz CT molecular complexity index is 49.4. The largest absolute Gasteiger partial charge is 0.383 e. The standard InChI is InChI=1S/C5H13NO.C2H6.CH2O/c1-6(2)4-5-7-3;2*1-2/h4-5H2,1-3H3;1-2H3;1H2. The molecular formula is C8H21NO2. The van der Waals surface area contributed by atoms with E-state index in [2.05, 4.69) is 4.90 Å². The molecule has 0 aliphatic heterocycles. The van der Waals surface area contributed by atoms with Gasteiger partial charge in [0.15, 0.2) is 0 Å². The molecule has 0 aliphatic carbocycles. The van der Waals surface area contributed by atoms with Crippen LogP contribution in [0.15, 0.2) is 0 Å². The van der Waals surface area contributed by atoms with Crippen LogP contribution in [0.2, 0.25) is 0 Å². The second kappa shape index (κ2) is 22.6. The van der Waals surface area contributed by atoms with Crippen LogP contribution in [0, 0.1) is 0 Å². The van der Waals surface area contributed by atoms with E-state index < -0.39 is 0 Å². The Kier molecular flexibility index (Phi) is 34.8. The van der Waals surface area contributed by atoms with Crippen molar-refractivity contribution >= 4 is 6.79 Å². The molecule has 0 amide bonds. The van der Waals surface area contributed by atoms with E-state index in [-0.39, 0.29) is 0 Å². The van der Waals surface area contributed by atoms with Crippen molar-refractivity contribution in [3.8, 4) is 0 Å². The summed E-state index contributed by atoms with van der Waals surface area (Å²) >= 11 is 0. The molecule has 0 N–H and O–H groups in total. The van der Waals surface area contributed by atoms with Crippen LogP contribution in [-0.2, 0) is 9.53 Å². The number of carbonyl (C=O) groups excluding carboxylic acids is 1. The molecule has 70 valence electrons. The number of methoxy groups -OCH3 is 1. The maximum absolute atomic E-state index is 8.00. The van der Waals surface area contributed by atoms with Gasteiger partial charge in [0.05, 0.1) is 6.61 Å². The fourth-order valence-electron chi connectivity index (χ4n) is 0.274. The number of carbonyl (C=O) groups is 1. The van der Waals surface area contributed by atoms with Gasteiger partial charge in [-0.2, -0.15) is 0 Å². The minimum Gasteiger partial charge on any atom is -0.383 e. The summed E-state index contributed by atoms with van der Waals surface area (Å²) in [7, 11) is 5.77. The quantitative estimate of drug-likeness (QED) is 0.622. The van der Waals surface area contributed by atoms with E-state index in [4.69, 9.17) is 9.53 Å². The smallest absolute Gasteiger partial charge is 0.106 e. The maximum atomic E-state index is 8.00. The predicted octanol–water partition coefficient (Wildman–Crippen LogP) is 1.04. The molecule has 3 heteroatoms. The first-order valence-corrected chi connectivity index (χ1v) is 3.70. The lowest BCUT2D eigenvalue weighted by Crippen LogP contribution is -2.16. The molecule has 0 radical (unpaired) electrons. The summed E-state index contributed by atoms with van der Waals surface area (Å²) < 4.78 is 4.81. The molecule has 0 aromatic carbocycles. The molecule has 0 aliphatic rings. The van der Waals surface area contributed by atoms with Crippen molar-refractivity contribution in [1.29, 1.82) is 0 Å². The van der Waals surface area contributed by atoms with Gasteiger partial charge in [-0.1, -0.05) is 13.8 Å². The van der Waals surface area contributed by atoms with Gasteiger partial charge in [-0.15, -0.1) is 0 Å². The van der Waals surface area contributed by atoms with E-state index in [0.717, 1.165) is 13.2 Å². The highest BCUT2D eigenvalue weighted by Gasteiger charge is 1.83. The van der Waals surface area contributed by atoms with Crippen molar-refractivity contribution in [2.75, 3.05) is 34.4 Å². The average molecular weight is 163 g/mol. The molecule has 0 bridgehead atoms. The molecule has 0 heterocycles. The summed E-state index contributed by atoms with van der Waals surface area (Å²) in [6.45, 7) is 7.84. The normalized spacial score (nSPS) is 7.45. The zero-order chi connectivity index (χ0) is 9.70. The summed E-state index contributed by atoms with van der Waals surface area (Å²) in [5.41, 5.74) is 0. The van der Waals surface area contributed by atoms with E-state index in [1.807, 2.05) is 34.7 Å². The Hall–Kier alpha value is -0.410. The lowest BCUT2D eigenvalue weighted by atomic mass is 10.6. The zero-order valence-electron chi connectivity index (χ0n) is 8.39. The van der Waals surface area contributed by atoms with Crippen molar-refractivity contribution < 1.29 is 9.53 Å². The summed E-state index contributed by atoms with van der Waals surface area (Å²) in [5.74, 6) is 0. The van der Waals surface area contributed by atoms with Gasteiger partial charge < -0.3 is 14.4 Å². The lowest BCUT2D eigenvalue weighted by molar-refractivity contribution is -0.0979. The van der Waals surface area contributed by atoms with Gasteiger partial charge in [-0.25, -0.2) is 0 Å². The van der Waals surface area contributed by atoms with Crippen LogP contribution in [0.3, 0.4) is 0 Å². The monoisotopic (exact) mass is 163 g/mol. The predicted molar refractivity (Wildman–Crippen MR) is 48.9 cm³/mol. The van der Waals surface area contributed by atoms with Crippen molar-refractivity contribution in [3.63, 3.8) is 0 Å². The highest BCUT2D eigenvalue weighted by molar-refractivity contribution is 5.10. The van der Waals surface area contributed by atoms with Crippen LogP contribution in [0.4, 0.5) is 0 Å². The molecule has 0 aromatic heterocycles. The first-order valence-electron chi connectivity index (χ1n) is 3.70. The minimum absolute atomic E-state index is 0.826. The third kappa shape index (κ3) is 42.9. The third-order valence-electron chi connectivity index (χ3n) is 0.743. The Balaban J connectivity index is -0.000000138. The first-order chi connectivity index (χ1) is 5.27. The van der Waals surface area contributed by atoms with Gasteiger partial charge in [0.1, 0.15) is 6.79 Å². The van der Waals surface area contributed by atoms with Crippen LogP contribution < -0.4 is 0 Å².